The summed E-state index contributed by atoms with van der Waals surface area (Å²) >= 11 is 0. The standard InChI is InChI=1S/C12H17N3O/c1-9-7-15(8-10(2)14-9)12(16)11-5-3-4-6-13-11/h3-6,9-10,14H,7-8H2,1-2H3/t9-,10-/m1/s1. The van der Waals surface area contributed by atoms with E-state index in [1.54, 1.807) is 12.3 Å². The van der Waals surface area contributed by atoms with Gasteiger partial charge in [-0.2, -0.15) is 0 Å². The quantitative estimate of drug-likeness (QED) is 0.763. The number of nitrogens with zero attached hydrogens (tertiary/aromatic N) is 2. The number of pyridine rings is 1. The van der Waals surface area contributed by atoms with Gasteiger partial charge in [0.1, 0.15) is 5.69 Å². The molecule has 2 atom stereocenters. The van der Waals surface area contributed by atoms with Crippen LogP contribution in [0.3, 0.4) is 0 Å². The van der Waals surface area contributed by atoms with Gasteiger partial charge in [0, 0.05) is 31.4 Å². The van der Waals surface area contributed by atoms with Crippen molar-refractivity contribution in [3.05, 3.63) is 30.1 Å². The first-order valence-corrected chi connectivity index (χ1v) is 5.63. The van der Waals surface area contributed by atoms with E-state index in [4.69, 9.17) is 0 Å². The molecule has 0 spiro atoms. The second-order valence-electron chi connectivity index (χ2n) is 4.39. The summed E-state index contributed by atoms with van der Waals surface area (Å²) in [5, 5.41) is 3.40. The highest BCUT2D eigenvalue weighted by atomic mass is 16.2. The van der Waals surface area contributed by atoms with Crippen LogP contribution in [0.1, 0.15) is 24.3 Å². The molecule has 2 heterocycles. The van der Waals surface area contributed by atoms with Crippen molar-refractivity contribution >= 4 is 5.91 Å². The predicted molar refractivity (Wildman–Crippen MR) is 62.2 cm³/mol. The average Bonchev–Trinajstić information content (AvgIpc) is 2.28. The van der Waals surface area contributed by atoms with Crippen LogP contribution in [0, 0.1) is 0 Å². The van der Waals surface area contributed by atoms with Crippen LogP contribution in [-0.4, -0.2) is 41.0 Å². The van der Waals surface area contributed by atoms with E-state index >= 15 is 0 Å². The Labute approximate surface area is 95.7 Å². The molecule has 1 aliphatic heterocycles. The highest BCUT2D eigenvalue weighted by Gasteiger charge is 2.25. The summed E-state index contributed by atoms with van der Waals surface area (Å²) in [7, 11) is 0. The van der Waals surface area contributed by atoms with Gasteiger partial charge in [0.15, 0.2) is 0 Å². The molecule has 0 saturated carbocycles. The van der Waals surface area contributed by atoms with Gasteiger partial charge >= 0.3 is 0 Å². The van der Waals surface area contributed by atoms with Gasteiger partial charge < -0.3 is 10.2 Å². The summed E-state index contributed by atoms with van der Waals surface area (Å²) in [6.45, 7) is 5.68. The molecule has 1 aromatic heterocycles. The van der Waals surface area contributed by atoms with E-state index in [1.165, 1.54) is 0 Å². The normalized spacial score (nSPS) is 25.5. The first kappa shape index (κ1) is 11.1. The Kier molecular flexibility index (Phi) is 3.19. The van der Waals surface area contributed by atoms with Crippen molar-refractivity contribution in [3.63, 3.8) is 0 Å². The van der Waals surface area contributed by atoms with Gasteiger partial charge in [0.05, 0.1) is 0 Å². The van der Waals surface area contributed by atoms with E-state index in [0.29, 0.717) is 17.8 Å². The van der Waals surface area contributed by atoms with Crippen LogP contribution < -0.4 is 5.32 Å². The minimum Gasteiger partial charge on any atom is -0.334 e. The van der Waals surface area contributed by atoms with E-state index in [2.05, 4.69) is 24.1 Å². The minimum absolute atomic E-state index is 0.0285. The number of carbonyl (C=O) groups excluding carboxylic acids is 1. The number of carbonyl (C=O) groups is 1. The number of aromatic nitrogens is 1. The van der Waals surface area contributed by atoms with Crippen molar-refractivity contribution in [3.8, 4) is 0 Å². The van der Waals surface area contributed by atoms with E-state index < -0.39 is 0 Å². The molecule has 1 aliphatic rings. The predicted octanol–water partition coefficient (Wildman–Crippen LogP) is 0.904. The first-order chi connectivity index (χ1) is 7.66. The van der Waals surface area contributed by atoms with E-state index in [0.717, 1.165) is 13.1 Å². The van der Waals surface area contributed by atoms with Crippen LogP contribution in [0.15, 0.2) is 24.4 Å². The van der Waals surface area contributed by atoms with Crippen LogP contribution in [0.2, 0.25) is 0 Å². The fourth-order valence-corrected chi connectivity index (χ4v) is 2.14. The summed E-state index contributed by atoms with van der Waals surface area (Å²) < 4.78 is 0. The SMILES string of the molecule is C[C@@H]1CN(C(=O)c2ccccn2)C[C@@H](C)N1. The van der Waals surface area contributed by atoms with Gasteiger partial charge in [-0.05, 0) is 26.0 Å². The van der Waals surface area contributed by atoms with Crippen LogP contribution >= 0.6 is 0 Å². The number of nitrogens with one attached hydrogen (secondary N) is 1. The van der Waals surface area contributed by atoms with Crippen LogP contribution in [0.25, 0.3) is 0 Å². The molecular weight excluding hydrogens is 202 g/mol. The first-order valence-electron chi connectivity index (χ1n) is 5.63. The van der Waals surface area contributed by atoms with Crippen molar-refractivity contribution in [2.75, 3.05) is 13.1 Å². The summed E-state index contributed by atoms with van der Waals surface area (Å²) in [5.41, 5.74) is 0.531. The van der Waals surface area contributed by atoms with Crippen molar-refractivity contribution in [1.29, 1.82) is 0 Å². The van der Waals surface area contributed by atoms with Gasteiger partial charge in [0.2, 0.25) is 0 Å². The third kappa shape index (κ3) is 2.39. The molecule has 0 bridgehead atoms. The summed E-state index contributed by atoms with van der Waals surface area (Å²) in [4.78, 5) is 18.1. The molecule has 1 amide bonds. The zero-order valence-electron chi connectivity index (χ0n) is 9.68. The molecule has 16 heavy (non-hydrogen) atoms. The number of piperazine rings is 1. The molecule has 86 valence electrons. The molecule has 0 aromatic carbocycles. The third-order valence-corrected chi connectivity index (χ3v) is 2.73. The van der Waals surface area contributed by atoms with Crippen LogP contribution in [0.5, 0.6) is 0 Å². The summed E-state index contributed by atoms with van der Waals surface area (Å²) in [6, 6.07) is 6.11. The molecular formula is C12H17N3O. The number of rotatable bonds is 1. The van der Waals surface area contributed by atoms with Crippen molar-refractivity contribution in [1.82, 2.24) is 15.2 Å². The molecule has 4 nitrogen and oxygen atoms in total. The Balaban J connectivity index is 2.10. The minimum atomic E-state index is 0.0285. The van der Waals surface area contributed by atoms with Crippen molar-refractivity contribution in [2.45, 2.75) is 25.9 Å². The monoisotopic (exact) mass is 219 g/mol. The van der Waals surface area contributed by atoms with Gasteiger partial charge in [-0.15, -0.1) is 0 Å². The Morgan fingerprint density at radius 2 is 2.06 bits per heavy atom. The highest BCUT2D eigenvalue weighted by Crippen LogP contribution is 2.08. The second-order valence-corrected chi connectivity index (χ2v) is 4.39. The molecule has 1 aromatic rings. The summed E-state index contributed by atoms with van der Waals surface area (Å²) in [6.07, 6.45) is 1.66. The Hall–Kier alpha value is -1.42. The molecule has 0 radical (unpaired) electrons. The lowest BCUT2D eigenvalue weighted by atomic mass is 10.1. The Morgan fingerprint density at radius 3 is 2.62 bits per heavy atom. The molecule has 2 rings (SSSR count). The Bertz CT molecular complexity index is 356. The van der Waals surface area contributed by atoms with Gasteiger partial charge in [-0.1, -0.05) is 6.07 Å². The number of hydrogen-bond donors (Lipinski definition) is 1. The van der Waals surface area contributed by atoms with Crippen molar-refractivity contribution < 1.29 is 4.79 Å². The molecule has 1 saturated heterocycles. The fourth-order valence-electron chi connectivity index (χ4n) is 2.14. The zero-order valence-corrected chi connectivity index (χ0v) is 9.68. The Morgan fingerprint density at radius 1 is 1.38 bits per heavy atom. The van der Waals surface area contributed by atoms with Crippen molar-refractivity contribution in [2.24, 2.45) is 0 Å². The van der Waals surface area contributed by atoms with Gasteiger partial charge in [-0.3, -0.25) is 9.78 Å². The lowest BCUT2D eigenvalue weighted by Crippen LogP contribution is -2.55. The maximum absolute atomic E-state index is 12.1. The molecule has 1 N–H and O–H groups in total. The summed E-state index contributed by atoms with van der Waals surface area (Å²) in [5.74, 6) is 0.0285. The fraction of sp³-hybridized carbons (Fsp3) is 0.500. The molecule has 1 fully saturated rings. The zero-order chi connectivity index (χ0) is 11.5. The highest BCUT2D eigenvalue weighted by molar-refractivity contribution is 5.92. The smallest absolute Gasteiger partial charge is 0.272 e. The largest absolute Gasteiger partial charge is 0.334 e. The topological polar surface area (TPSA) is 45.2 Å². The van der Waals surface area contributed by atoms with E-state index in [-0.39, 0.29) is 5.91 Å². The molecule has 4 heteroatoms. The van der Waals surface area contributed by atoms with Crippen LogP contribution in [-0.2, 0) is 0 Å². The number of amides is 1. The van der Waals surface area contributed by atoms with Gasteiger partial charge in [-0.25, -0.2) is 0 Å². The average molecular weight is 219 g/mol. The maximum Gasteiger partial charge on any atom is 0.272 e. The molecule has 0 unspecified atom stereocenters. The molecule has 0 aliphatic carbocycles. The lowest BCUT2D eigenvalue weighted by molar-refractivity contribution is 0.0668. The lowest BCUT2D eigenvalue weighted by Gasteiger charge is -2.35. The van der Waals surface area contributed by atoms with E-state index in [1.807, 2.05) is 17.0 Å². The maximum atomic E-state index is 12.1. The second kappa shape index (κ2) is 4.61. The van der Waals surface area contributed by atoms with Crippen LogP contribution in [0.4, 0.5) is 0 Å². The third-order valence-electron chi connectivity index (χ3n) is 2.73. The number of hydrogen-bond acceptors (Lipinski definition) is 3. The van der Waals surface area contributed by atoms with E-state index in [9.17, 15) is 4.79 Å². The van der Waals surface area contributed by atoms with Gasteiger partial charge in [0.25, 0.3) is 5.91 Å².